The normalized spacial score (nSPS) is 25.9. The number of anilines is 1. The van der Waals surface area contributed by atoms with E-state index in [0.29, 0.717) is 18.5 Å². The van der Waals surface area contributed by atoms with Gasteiger partial charge in [-0.25, -0.2) is 0 Å². The van der Waals surface area contributed by atoms with Crippen LogP contribution in [0.1, 0.15) is 39.7 Å². The van der Waals surface area contributed by atoms with Gasteiger partial charge in [-0.3, -0.25) is 14.3 Å². The van der Waals surface area contributed by atoms with Crippen LogP contribution < -0.4 is 5.32 Å². The van der Waals surface area contributed by atoms with Crippen LogP contribution >= 0.6 is 0 Å². The quantitative estimate of drug-likeness (QED) is 0.884. The number of aliphatic carboxylic acids is 1. The summed E-state index contributed by atoms with van der Waals surface area (Å²) in [7, 11) is 0. The summed E-state index contributed by atoms with van der Waals surface area (Å²) in [4.78, 5) is 23.5. The molecule has 1 aromatic heterocycles. The number of rotatable bonds is 4. The van der Waals surface area contributed by atoms with Crippen LogP contribution in [0, 0.1) is 17.8 Å². The van der Waals surface area contributed by atoms with Crippen molar-refractivity contribution in [2.75, 3.05) is 5.32 Å². The summed E-state index contributed by atoms with van der Waals surface area (Å²) in [6, 6.07) is 0.221. The third-order valence-corrected chi connectivity index (χ3v) is 3.85. The number of nitrogens with zero attached hydrogens (tertiary/aromatic N) is 2. The highest BCUT2D eigenvalue weighted by Gasteiger charge is 2.41. The molecule has 1 saturated carbocycles. The van der Waals surface area contributed by atoms with Crippen molar-refractivity contribution in [3.05, 3.63) is 12.4 Å². The van der Waals surface area contributed by atoms with Gasteiger partial charge in [0.05, 0.1) is 23.7 Å². The van der Waals surface area contributed by atoms with Crippen LogP contribution in [0.25, 0.3) is 0 Å². The molecule has 20 heavy (non-hydrogen) atoms. The third-order valence-electron chi connectivity index (χ3n) is 3.85. The van der Waals surface area contributed by atoms with Gasteiger partial charge in [-0.15, -0.1) is 0 Å². The zero-order valence-corrected chi connectivity index (χ0v) is 12.0. The lowest BCUT2D eigenvalue weighted by Crippen LogP contribution is -2.29. The fourth-order valence-corrected chi connectivity index (χ4v) is 2.77. The average molecular weight is 279 g/mol. The zero-order chi connectivity index (χ0) is 14.9. The Balaban J connectivity index is 2.05. The van der Waals surface area contributed by atoms with Gasteiger partial charge < -0.3 is 10.4 Å². The molecule has 1 aromatic rings. The molecule has 3 unspecified atom stereocenters. The second kappa shape index (κ2) is 5.64. The molecular formula is C14H21N3O3. The smallest absolute Gasteiger partial charge is 0.307 e. The molecule has 0 spiro atoms. The molecule has 1 amide bonds. The van der Waals surface area contributed by atoms with E-state index in [0.717, 1.165) is 0 Å². The monoisotopic (exact) mass is 279 g/mol. The molecule has 6 heteroatoms. The first-order chi connectivity index (χ1) is 9.38. The summed E-state index contributed by atoms with van der Waals surface area (Å²) >= 11 is 0. The number of carboxylic acids is 1. The minimum absolute atomic E-state index is 0.218. The van der Waals surface area contributed by atoms with E-state index in [4.69, 9.17) is 0 Å². The summed E-state index contributed by atoms with van der Waals surface area (Å²) in [6.07, 6.45) is 4.54. The van der Waals surface area contributed by atoms with E-state index in [1.807, 2.05) is 20.8 Å². The zero-order valence-electron chi connectivity index (χ0n) is 12.0. The number of carboxylic acid groups (broad SMARTS) is 1. The van der Waals surface area contributed by atoms with Crippen molar-refractivity contribution in [2.24, 2.45) is 17.8 Å². The first kappa shape index (κ1) is 14.6. The van der Waals surface area contributed by atoms with Gasteiger partial charge in [0, 0.05) is 12.2 Å². The van der Waals surface area contributed by atoms with Gasteiger partial charge in [0.1, 0.15) is 0 Å². The Hall–Kier alpha value is -1.85. The number of carbonyl (C=O) groups is 2. The predicted molar refractivity (Wildman–Crippen MR) is 74.3 cm³/mol. The van der Waals surface area contributed by atoms with E-state index < -0.39 is 17.8 Å². The second-order valence-corrected chi connectivity index (χ2v) is 5.92. The van der Waals surface area contributed by atoms with E-state index in [1.165, 1.54) is 0 Å². The Morgan fingerprint density at radius 2 is 2.05 bits per heavy atom. The molecule has 1 fully saturated rings. The molecule has 0 aromatic carbocycles. The van der Waals surface area contributed by atoms with Gasteiger partial charge in [-0.1, -0.05) is 6.92 Å². The van der Waals surface area contributed by atoms with E-state index in [9.17, 15) is 14.7 Å². The number of nitrogens with one attached hydrogen (secondary N) is 1. The summed E-state index contributed by atoms with van der Waals surface area (Å²) in [5.41, 5.74) is 0.618. The second-order valence-electron chi connectivity index (χ2n) is 5.92. The van der Waals surface area contributed by atoms with Gasteiger partial charge in [-0.05, 0) is 32.6 Å². The fraction of sp³-hybridized carbons (Fsp3) is 0.643. The minimum atomic E-state index is -0.882. The van der Waals surface area contributed by atoms with Gasteiger partial charge in [0.25, 0.3) is 0 Å². The first-order valence-corrected chi connectivity index (χ1v) is 6.96. The maximum atomic E-state index is 12.2. The van der Waals surface area contributed by atoms with Crippen LogP contribution in [0.4, 0.5) is 5.69 Å². The van der Waals surface area contributed by atoms with Crippen molar-refractivity contribution < 1.29 is 14.7 Å². The van der Waals surface area contributed by atoms with Gasteiger partial charge in [-0.2, -0.15) is 5.10 Å². The first-order valence-electron chi connectivity index (χ1n) is 6.96. The Labute approximate surface area is 118 Å². The molecule has 110 valence electrons. The van der Waals surface area contributed by atoms with Crippen LogP contribution in [-0.4, -0.2) is 26.8 Å². The fourth-order valence-electron chi connectivity index (χ4n) is 2.77. The maximum Gasteiger partial charge on any atom is 0.307 e. The van der Waals surface area contributed by atoms with Crippen LogP contribution in [0.2, 0.25) is 0 Å². The molecule has 0 radical (unpaired) electrons. The lowest BCUT2D eigenvalue weighted by molar-refractivity contribution is -0.145. The van der Waals surface area contributed by atoms with Crippen molar-refractivity contribution in [3.63, 3.8) is 0 Å². The van der Waals surface area contributed by atoms with E-state index in [2.05, 4.69) is 10.4 Å². The van der Waals surface area contributed by atoms with Crippen LogP contribution in [0.5, 0.6) is 0 Å². The van der Waals surface area contributed by atoms with Gasteiger partial charge in [0.2, 0.25) is 5.91 Å². The van der Waals surface area contributed by atoms with E-state index in [-0.39, 0.29) is 17.9 Å². The number of hydrogen-bond donors (Lipinski definition) is 2. The molecule has 1 heterocycles. The summed E-state index contributed by atoms with van der Waals surface area (Å²) in [5, 5.41) is 16.1. The molecule has 3 atom stereocenters. The van der Waals surface area contributed by atoms with Gasteiger partial charge >= 0.3 is 5.97 Å². The Morgan fingerprint density at radius 1 is 1.40 bits per heavy atom. The van der Waals surface area contributed by atoms with Crippen molar-refractivity contribution in [1.29, 1.82) is 0 Å². The highest BCUT2D eigenvalue weighted by atomic mass is 16.4. The summed E-state index contributed by atoms with van der Waals surface area (Å²) in [5.74, 6) is -1.86. The Morgan fingerprint density at radius 3 is 2.60 bits per heavy atom. The maximum absolute atomic E-state index is 12.2. The molecule has 1 aliphatic carbocycles. The summed E-state index contributed by atoms with van der Waals surface area (Å²) in [6.45, 7) is 5.98. The summed E-state index contributed by atoms with van der Waals surface area (Å²) < 4.78 is 1.75. The van der Waals surface area contributed by atoms with Crippen molar-refractivity contribution in [1.82, 2.24) is 9.78 Å². The predicted octanol–water partition coefficient (Wildman–Crippen LogP) is 2.15. The van der Waals surface area contributed by atoms with Crippen LogP contribution in [0.15, 0.2) is 12.4 Å². The molecule has 0 saturated heterocycles. The molecule has 2 rings (SSSR count). The number of amides is 1. The highest BCUT2D eigenvalue weighted by Crippen LogP contribution is 2.37. The topological polar surface area (TPSA) is 84.2 Å². The standard InChI is InChI=1S/C14H21N3O3/c1-8(2)17-7-10(6-15-17)16-13(18)11-4-9(3)5-12(11)14(19)20/h6-9,11-12H,4-5H2,1-3H3,(H,16,18)(H,19,20). The van der Waals surface area contributed by atoms with Crippen molar-refractivity contribution in [2.45, 2.75) is 39.7 Å². The molecule has 1 aliphatic rings. The van der Waals surface area contributed by atoms with E-state index in [1.54, 1.807) is 17.1 Å². The molecule has 0 aliphatic heterocycles. The van der Waals surface area contributed by atoms with Crippen molar-refractivity contribution >= 4 is 17.6 Å². The molecule has 2 N–H and O–H groups in total. The molecule has 0 bridgehead atoms. The third kappa shape index (κ3) is 3.00. The SMILES string of the molecule is CC1CC(C(=O)O)C(C(=O)Nc2cnn(C(C)C)c2)C1. The Kier molecular flexibility index (Phi) is 4.11. The van der Waals surface area contributed by atoms with Gasteiger partial charge in [0.15, 0.2) is 0 Å². The minimum Gasteiger partial charge on any atom is -0.481 e. The number of aromatic nitrogens is 2. The lowest BCUT2D eigenvalue weighted by atomic mass is 9.95. The number of carbonyl (C=O) groups excluding carboxylic acids is 1. The molecule has 6 nitrogen and oxygen atoms in total. The van der Waals surface area contributed by atoms with Crippen LogP contribution in [-0.2, 0) is 9.59 Å². The van der Waals surface area contributed by atoms with Crippen LogP contribution in [0.3, 0.4) is 0 Å². The molecular weight excluding hydrogens is 258 g/mol. The number of hydrogen-bond acceptors (Lipinski definition) is 3. The van der Waals surface area contributed by atoms with E-state index >= 15 is 0 Å². The Bertz CT molecular complexity index is 510. The largest absolute Gasteiger partial charge is 0.481 e. The highest BCUT2D eigenvalue weighted by molar-refractivity contribution is 5.95. The lowest BCUT2D eigenvalue weighted by Gasteiger charge is -2.14. The average Bonchev–Trinajstić information content (AvgIpc) is 2.95. The van der Waals surface area contributed by atoms with Crippen molar-refractivity contribution in [3.8, 4) is 0 Å².